The van der Waals surface area contributed by atoms with Crippen LogP contribution in [0.15, 0.2) is 54.7 Å². The van der Waals surface area contributed by atoms with Gasteiger partial charge in [-0.05, 0) is 55.8 Å². The average Bonchev–Trinajstić information content (AvgIpc) is 3.49. The molecule has 29 heavy (non-hydrogen) atoms. The third kappa shape index (κ3) is 4.10. The van der Waals surface area contributed by atoms with Gasteiger partial charge in [-0.2, -0.15) is 0 Å². The number of pyridine rings is 1. The number of nitrogens with zero attached hydrogens (tertiary/aromatic N) is 2. The number of ether oxygens (including phenoxy) is 1. The molecule has 0 saturated heterocycles. The summed E-state index contributed by atoms with van der Waals surface area (Å²) in [7, 11) is 3.99. The number of fused-ring (bicyclic) bond motifs is 1. The minimum Gasteiger partial charge on any atom is -0.476 e. The van der Waals surface area contributed by atoms with Crippen LogP contribution in [0.4, 0.5) is 0 Å². The molecule has 1 fully saturated rings. The van der Waals surface area contributed by atoms with E-state index in [-0.39, 0.29) is 11.4 Å². The van der Waals surface area contributed by atoms with Gasteiger partial charge in [0.05, 0.1) is 5.54 Å². The molecule has 3 aromatic rings. The smallest absolute Gasteiger partial charge is 0.252 e. The summed E-state index contributed by atoms with van der Waals surface area (Å²) in [6.45, 7) is 3.23. The molecule has 0 bridgehead atoms. The molecule has 1 aliphatic carbocycles. The first-order valence-electron chi connectivity index (χ1n) is 10.0. The van der Waals surface area contributed by atoms with E-state index in [1.54, 1.807) is 12.3 Å². The van der Waals surface area contributed by atoms with Crippen molar-refractivity contribution in [2.24, 2.45) is 0 Å². The van der Waals surface area contributed by atoms with E-state index in [4.69, 9.17) is 4.74 Å². The van der Waals surface area contributed by atoms with Gasteiger partial charge >= 0.3 is 0 Å². The molecular formula is C24H27N3O2. The van der Waals surface area contributed by atoms with Gasteiger partial charge in [0.2, 0.25) is 5.88 Å². The quantitative estimate of drug-likeness (QED) is 0.666. The molecule has 0 aliphatic heterocycles. The van der Waals surface area contributed by atoms with Crippen molar-refractivity contribution in [3.8, 4) is 5.88 Å². The van der Waals surface area contributed by atoms with Crippen molar-refractivity contribution >= 4 is 16.7 Å². The van der Waals surface area contributed by atoms with Gasteiger partial charge in [-0.1, -0.05) is 42.5 Å². The molecule has 5 nitrogen and oxygen atoms in total. The van der Waals surface area contributed by atoms with Gasteiger partial charge in [-0.15, -0.1) is 0 Å². The lowest BCUT2D eigenvalue weighted by atomic mass is 9.96. The van der Waals surface area contributed by atoms with Crippen molar-refractivity contribution in [2.45, 2.75) is 25.3 Å². The van der Waals surface area contributed by atoms with Crippen LogP contribution in [0.25, 0.3) is 10.8 Å². The summed E-state index contributed by atoms with van der Waals surface area (Å²) in [5.74, 6) is 0.408. The van der Waals surface area contributed by atoms with Crippen molar-refractivity contribution in [2.75, 3.05) is 27.2 Å². The third-order valence-electron chi connectivity index (χ3n) is 5.52. The highest BCUT2D eigenvalue weighted by Crippen LogP contribution is 2.48. The molecule has 1 amide bonds. The molecule has 1 heterocycles. The second-order valence-electron chi connectivity index (χ2n) is 8.05. The number of benzene rings is 2. The van der Waals surface area contributed by atoms with E-state index in [1.165, 1.54) is 16.3 Å². The lowest BCUT2D eigenvalue weighted by molar-refractivity contribution is 0.0929. The summed E-state index contributed by atoms with van der Waals surface area (Å²) >= 11 is 0. The first kappa shape index (κ1) is 19.4. The lowest BCUT2D eigenvalue weighted by Gasteiger charge is -2.21. The minimum absolute atomic E-state index is 0.0761. The topological polar surface area (TPSA) is 54.5 Å². The zero-order valence-electron chi connectivity index (χ0n) is 17.2. The van der Waals surface area contributed by atoms with Crippen molar-refractivity contribution in [1.29, 1.82) is 0 Å². The van der Waals surface area contributed by atoms with E-state index in [0.717, 1.165) is 24.9 Å². The lowest BCUT2D eigenvalue weighted by Crippen LogP contribution is -2.35. The predicted molar refractivity (Wildman–Crippen MR) is 115 cm³/mol. The van der Waals surface area contributed by atoms with Crippen molar-refractivity contribution < 1.29 is 9.53 Å². The Hall–Kier alpha value is -2.92. The van der Waals surface area contributed by atoms with Gasteiger partial charge in [0, 0.05) is 24.4 Å². The molecule has 150 valence electrons. The highest BCUT2D eigenvalue weighted by Gasteiger charge is 2.46. The van der Waals surface area contributed by atoms with Crippen LogP contribution in [0.1, 0.15) is 34.3 Å². The summed E-state index contributed by atoms with van der Waals surface area (Å²) in [5, 5.41) is 5.70. The number of likely N-dealkylation sites (N-methyl/N-ethyl adjacent to an activating group) is 1. The third-order valence-corrected chi connectivity index (χ3v) is 5.52. The average molecular weight is 389 g/mol. The van der Waals surface area contributed by atoms with Crippen LogP contribution < -0.4 is 10.1 Å². The number of carbonyl (C=O) groups excluding carboxylic acids is 1. The van der Waals surface area contributed by atoms with Crippen LogP contribution in [0.5, 0.6) is 5.88 Å². The fraction of sp³-hybridized carbons (Fsp3) is 0.333. The number of aromatic nitrogens is 1. The molecule has 0 atom stereocenters. The second-order valence-corrected chi connectivity index (χ2v) is 8.05. The van der Waals surface area contributed by atoms with Gasteiger partial charge in [0.25, 0.3) is 5.91 Å². The first-order valence-corrected chi connectivity index (χ1v) is 10.0. The summed E-state index contributed by atoms with van der Waals surface area (Å²) in [6, 6.07) is 16.4. The molecule has 0 spiro atoms. The Morgan fingerprint density at radius 1 is 1.17 bits per heavy atom. The van der Waals surface area contributed by atoms with Crippen LogP contribution >= 0.6 is 0 Å². The van der Waals surface area contributed by atoms with Gasteiger partial charge in [-0.3, -0.25) is 4.79 Å². The molecule has 1 saturated carbocycles. The van der Waals surface area contributed by atoms with Crippen LogP contribution in [0, 0.1) is 6.92 Å². The molecule has 2 aromatic carbocycles. The minimum atomic E-state index is -0.292. The Balaban J connectivity index is 1.56. The summed E-state index contributed by atoms with van der Waals surface area (Å²) < 4.78 is 5.72. The predicted octanol–water partition coefficient (Wildman–Crippen LogP) is 3.90. The van der Waals surface area contributed by atoms with Crippen LogP contribution in [0.2, 0.25) is 0 Å². The Morgan fingerprint density at radius 3 is 2.69 bits per heavy atom. The van der Waals surface area contributed by atoms with Gasteiger partial charge in [-0.25, -0.2) is 4.98 Å². The van der Waals surface area contributed by atoms with Crippen molar-refractivity contribution in [3.05, 3.63) is 71.4 Å². The highest BCUT2D eigenvalue weighted by molar-refractivity contribution is 5.97. The Morgan fingerprint density at radius 2 is 1.93 bits per heavy atom. The van der Waals surface area contributed by atoms with Gasteiger partial charge in [0.15, 0.2) is 0 Å². The van der Waals surface area contributed by atoms with Crippen molar-refractivity contribution in [3.63, 3.8) is 0 Å². The molecule has 1 N–H and O–H groups in total. The van der Waals surface area contributed by atoms with E-state index in [9.17, 15) is 4.79 Å². The van der Waals surface area contributed by atoms with Gasteiger partial charge < -0.3 is 15.0 Å². The molecule has 1 aromatic heterocycles. The second kappa shape index (κ2) is 7.84. The highest BCUT2D eigenvalue weighted by atomic mass is 16.5. The van der Waals surface area contributed by atoms with E-state index in [1.807, 2.05) is 38.1 Å². The van der Waals surface area contributed by atoms with E-state index in [0.29, 0.717) is 18.1 Å². The summed E-state index contributed by atoms with van der Waals surface area (Å²) in [6.07, 6.45) is 3.60. The number of aryl methyl sites for hydroxylation is 1. The number of hydrogen-bond acceptors (Lipinski definition) is 4. The van der Waals surface area contributed by atoms with Crippen LogP contribution in [-0.4, -0.2) is 43.0 Å². The molecule has 1 aliphatic rings. The maximum Gasteiger partial charge on any atom is 0.252 e. The fourth-order valence-corrected chi connectivity index (χ4v) is 3.67. The number of carbonyl (C=O) groups is 1. The molecule has 4 rings (SSSR count). The van der Waals surface area contributed by atoms with Gasteiger partial charge in [0.1, 0.15) is 6.61 Å². The zero-order valence-corrected chi connectivity index (χ0v) is 17.2. The number of amides is 1. The fourth-order valence-electron chi connectivity index (χ4n) is 3.67. The van der Waals surface area contributed by atoms with Crippen molar-refractivity contribution in [1.82, 2.24) is 15.2 Å². The summed E-state index contributed by atoms with van der Waals surface area (Å²) in [5.41, 5.74) is 2.36. The largest absolute Gasteiger partial charge is 0.476 e. The van der Waals surface area contributed by atoms with Crippen LogP contribution in [0.3, 0.4) is 0 Å². The maximum atomic E-state index is 13.2. The Bertz CT molecular complexity index is 1040. The number of rotatable bonds is 7. The number of hydrogen-bond donors (Lipinski definition) is 1. The SMILES string of the molecule is Cc1cnc(OCCN(C)C)cc1C(=O)NC1(c2cccc3ccccc23)CC1. The molecular weight excluding hydrogens is 362 g/mol. The van der Waals surface area contributed by atoms with Crippen LogP contribution in [-0.2, 0) is 5.54 Å². The zero-order chi connectivity index (χ0) is 20.4. The molecule has 0 unspecified atom stereocenters. The van der Waals surface area contributed by atoms with E-state index >= 15 is 0 Å². The monoisotopic (exact) mass is 389 g/mol. The Labute approximate surface area is 171 Å². The van der Waals surface area contributed by atoms with E-state index in [2.05, 4.69) is 40.6 Å². The molecule has 0 radical (unpaired) electrons. The normalized spacial score (nSPS) is 14.8. The first-order chi connectivity index (χ1) is 14.0. The summed E-state index contributed by atoms with van der Waals surface area (Å²) in [4.78, 5) is 19.5. The van der Waals surface area contributed by atoms with E-state index < -0.39 is 0 Å². The Kier molecular flexibility index (Phi) is 5.24. The molecule has 5 heteroatoms. The number of nitrogens with one attached hydrogen (secondary N) is 1. The standard InChI is InChI=1S/C24H27N3O2/c1-17-16-25-22(29-14-13-27(2)3)15-20(17)23(28)26-24(11-12-24)21-10-6-8-18-7-4-5-9-19(18)21/h4-10,15-16H,11-14H2,1-3H3,(H,26,28). The maximum absolute atomic E-state index is 13.2.